The summed E-state index contributed by atoms with van der Waals surface area (Å²) in [5.41, 5.74) is 1.81. The Morgan fingerprint density at radius 3 is 2.79 bits per heavy atom. The maximum atomic E-state index is 12.8. The number of rotatable bonds is 6. The lowest BCUT2D eigenvalue weighted by Gasteiger charge is -2.11. The first-order valence-corrected chi connectivity index (χ1v) is 8.54. The van der Waals surface area contributed by atoms with Crippen molar-refractivity contribution in [2.24, 2.45) is 0 Å². The van der Waals surface area contributed by atoms with E-state index < -0.39 is 0 Å². The zero-order valence-electron chi connectivity index (χ0n) is 14.8. The summed E-state index contributed by atoms with van der Waals surface area (Å²) in [5.74, 6) is 0.728. The van der Waals surface area contributed by atoms with Gasteiger partial charge in [0.15, 0.2) is 5.82 Å². The van der Waals surface area contributed by atoms with Gasteiger partial charge in [-0.3, -0.25) is 9.78 Å². The predicted octanol–water partition coefficient (Wildman–Crippen LogP) is 2.89. The fraction of sp³-hybridized carbons (Fsp3) is 0.0500. The normalized spacial score (nSPS) is 10.4. The monoisotopic (exact) mass is 372 g/mol. The summed E-state index contributed by atoms with van der Waals surface area (Å²) >= 11 is 0. The van der Waals surface area contributed by atoms with Gasteiger partial charge in [-0.1, -0.05) is 12.1 Å². The Hall–Kier alpha value is -4.07. The number of carbonyl (C=O) groups is 1. The van der Waals surface area contributed by atoms with Crippen LogP contribution in [0.2, 0.25) is 0 Å². The fourth-order valence-corrected chi connectivity index (χ4v) is 2.58. The van der Waals surface area contributed by atoms with E-state index in [2.05, 4.69) is 25.4 Å². The molecule has 1 aromatic carbocycles. The van der Waals surface area contributed by atoms with Crippen LogP contribution in [0.4, 0.5) is 5.69 Å². The second kappa shape index (κ2) is 8.09. The summed E-state index contributed by atoms with van der Waals surface area (Å²) in [4.78, 5) is 25.1. The number of hydrogen-bond donors (Lipinski definition) is 1. The highest BCUT2D eigenvalue weighted by atomic mass is 16.5. The quantitative estimate of drug-likeness (QED) is 0.559. The van der Waals surface area contributed by atoms with Crippen LogP contribution in [0.25, 0.3) is 5.82 Å². The highest BCUT2D eigenvalue weighted by Crippen LogP contribution is 2.20. The standard InChI is InChI=1S/C20H16N6O2/c27-20(18-8-4-10-23-19(18)26-14-21-13-24-26)25-15-6-3-7-17(11-15)28-12-16-5-1-2-9-22-16/h1-11,13-14H,12H2,(H,25,27). The zero-order valence-corrected chi connectivity index (χ0v) is 14.8. The Morgan fingerprint density at radius 2 is 1.96 bits per heavy atom. The third kappa shape index (κ3) is 4.01. The van der Waals surface area contributed by atoms with E-state index in [0.717, 1.165) is 5.69 Å². The second-order valence-electron chi connectivity index (χ2n) is 5.81. The minimum absolute atomic E-state index is 0.305. The Kier molecular flexibility index (Phi) is 5.01. The molecule has 0 fully saturated rings. The van der Waals surface area contributed by atoms with Crippen molar-refractivity contribution >= 4 is 11.6 Å². The SMILES string of the molecule is O=C(Nc1cccc(OCc2ccccn2)c1)c1cccnc1-n1cncn1. The van der Waals surface area contributed by atoms with Crippen molar-refractivity contribution in [1.29, 1.82) is 0 Å². The topological polar surface area (TPSA) is 94.8 Å². The third-order valence-electron chi connectivity index (χ3n) is 3.87. The maximum absolute atomic E-state index is 12.8. The molecule has 8 nitrogen and oxygen atoms in total. The molecule has 0 spiro atoms. The second-order valence-corrected chi connectivity index (χ2v) is 5.81. The van der Waals surface area contributed by atoms with E-state index in [1.54, 1.807) is 36.7 Å². The average molecular weight is 372 g/mol. The molecule has 3 aromatic heterocycles. The van der Waals surface area contributed by atoms with Crippen molar-refractivity contribution in [2.75, 3.05) is 5.32 Å². The molecule has 0 atom stereocenters. The summed E-state index contributed by atoms with van der Waals surface area (Å²) in [6.07, 6.45) is 6.19. The molecule has 3 heterocycles. The van der Waals surface area contributed by atoms with Crippen LogP contribution in [-0.2, 0) is 6.61 Å². The van der Waals surface area contributed by atoms with Gasteiger partial charge in [0.05, 0.1) is 11.3 Å². The molecule has 4 aromatic rings. The van der Waals surface area contributed by atoms with E-state index in [1.165, 1.54) is 17.3 Å². The van der Waals surface area contributed by atoms with Crippen molar-refractivity contribution in [2.45, 2.75) is 6.61 Å². The molecule has 0 radical (unpaired) electrons. The van der Waals surface area contributed by atoms with E-state index in [0.29, 0.717) is 29.4 Å². The van der Waals surface area contributed by atoms with Crippen LogP contribution in [0.1, 0.15) is 16.1 Å². The van der Waals surface area contributed by atoms with Gasteiger partial charge in [-0.2, -0.15) is 5.10 Å². The first kappa shape index (κ1) is 17.3. The highest BCUT2D eigenvalue weighted by Gasteiger charge is 2.14. The van der Waals surface area contributed by atoms with Gasteiger partial charge in [0, 0.05) is 24.1 Å². The van der Waals surface area contributed by atoms with Gasteiger partial charge in [-0.25, -0.2) is 14.6 Å². The Bertz CT molecular complexity index is 1070. The third-order valence-corrected chi connectivity index (χ3v) is 3.87. The van der Waals surface area contributed by atoms with Gasteiger partial charge >= 0.3 is 0 Å². The number of hydrogen-bond acceptors (Lipinski definition) is 6. The number of pyridine rings is 2. The summed E-state index contributed by atoms with van der Waals surface area (Å²) in [6, 6.07) is 16.2. The predicted molar refractivity (Wildman–Crippen MR) is 102 cm³/mol. The molecular formula is C20H16N6O2. The van der Waals surface area contributed by atoms with Crippen molar-refractivity contribution in [3.8, 4) is 11.6 Å². The number of ether oxygens (including phenoxy) is 1. The summed E-state index contributed by atoms with van der Waals surface area (Å²) < 4.78 is 7.20. The molecule has 1 amide bonds. The molecule has 4 rings (SSSR count). The maximum Gasteiger partial charge on any atom is 0.259 e. The lowest BCUT2D eigenvalue weighted by atomic mass is 10.2. The van der Waals surface area contributed by atoms with Gasteiger partial charge in [-0.05, 0) is 36.4 Å². The molecule has 1 N–H and O–H groups in total. The van der Waals surface area contributed by atoms with Crippen LogP contribution < -0.4 is 10.1 Å². The smallest absolute Gasteiger partial charge is 0.259 e. The number of aromatic nitrogens is 5. The molecule has 0 aliphatic heterocycles. The van der Waals surface area contributed by atoms with Gasteiger partial charge in [0.2, 0.25) is 0 Å². The van der Waals surface area contributed by atoms with Crippen molar-refractivity contribution in [3.05, 3.63) is 90.9 Å². The zero-order chi connectivity index (χ0) is 19.2. The fourth-order valence-electron chi connectivity index (χ4n) is 2.58. The van der Waals surface area contributed by atoms with Crippen LogP contribution in [-0.4, -0.2) is 30.6 Å². The largest absolute Gasteiger partial charge is 0.487 e. The number of benzene rings is 1. The first-order chi connectivity index (χ1) is 13.8. The van der Waals surface area contributed by atoms with Crippen molar-refractivity contribution in [1.82, 2.24) is 24.7 Å². The Morgan fingerprint density at radius 1 is 1.04 bits per heavy atom. The minimum Gasteiger partial charge on any atom is -0.487 e. The van der Waals surface area contributed by atoms with E-state index in [-0.39, 0.29) is 5.91 Å². The average Bonchev–Trinajstić information content (AvgIpc) is 3.28. The Balaban J connectivity index is 1.48. The van der Waals surface area contributed by atoms with Gasteiger partial charge in [0.25, 0.3) is 5.91 Å². The van der Waals surface area contributed by atoms with Gasteiger partial charge in [0.1, 0.15) is 25.0 Å². The number of nitrogens with zero attached hydrogens (tertiary/aromatic N) is 5. The first-order valence-electron chi connectivity index (χ1n) is 8.54. The molecule has 0 unspecified atom stereocenters. The summed E-state index contributed by atoms with van der Waals surface area (Å²) in [5, 5.41) is 6.90. The molecule has 0 bridgehead atoms. The van der Waals surface area contributed by atoms with Gasteiger partial charge in [-0.15, -0.1) is 0 Å². The van der Waals surface area contributed by atoms with Crippen LogP contribution in [0.15, 0.2) is 79.6 Å². The van der Waals surface area contributed by atoms with E-state index >= 15 is 0 Å². The molecule has 0 aliphatic carbocycles. The van der Waals surface area contributed by atoms with Crippen molar-refractivity contribution < 1.29 is 9.53 Å². The molecule has 8 heteroatoms. The highest BCUT2D eigenvalue weighted by molar-refractivity contribution is 6.06. The van der Waals surface area contributed by atoms with E-state index in [9.17, 15) is 4.79 Å². The molecular weight excluding hydrogens is 356 g/mol. The van der Waals surface area contributed by atoms with Crippen molar-refractivity contribution in [3.63, 3.8) is 0 Å². The number of amides is 1. The number of anilines is 1. The lowest BCUT2D eigenvalue weighted by molar-refractivity contribution is 0.102. The Labute approximate surface area is 160 Å². The summed E-state index contributed by atoms with van der Waals surface area (Å²) in [6.45, 7) is 0.345. The molecule has 0 saturated carbocycles. The molecule has 0 saturated heterocycles. The molecule has 28 heavy (non-hydrogen) atoms. The van der Waals surface area contributed by atoms with Crippen LogP contribution in [0.5, 0.6) is 5.75 Å². The van der Waals surface area contributed by atoms with Gasteiger partial charge < -0.3 is 10.1 Å². The lowest BCUT2D eigenvalue weighted by Crippen LogP contribution is -2.16. The van der Waals surface area contributed by atoms with E-state index in [1.807, 2.05) is 30.3 Å². The number of carbonyl (C=O) groups excluding carboxylic acids is 1. The minimum atomic E-state index is -0.305. The van der Waals surface area contributed by atoms with Crippen LogP contribution in [0, 0.1) is 0 Å². The van der Waals surface area contributed by atoms with E-state index in [4.69, 9.17) is 4.74 Å². The summed E-state index contributed by atoms with van der Waals surface area (Å²) in [7, 11) is 0. The van der Waals surface area contributed by atoms with Crippen LogP contribution >= 0.6 is 0 Å². The van der Waals surface area contributed by atoms with Crippen LogP contribution in [0.3, 0.4) is 0 Å². The molecule has 0 aliphatic rings. The number of nitrogens with one attached hydrogen (secondary N) is 1. The molecule has 138 valence electrons.